The Balaban J connectivity index is 2.35. The number of amides is 1. The molecule has 0 aliphatic heterocycles. The normalized spacial score (nSPS) is 10.5. The van der Waals surface area contributed by atoms with Crippen molar-refractivity contribution in [1.29, 1.82) is 0 Å². The van der Waals surface area contributed by atoms with Crippen molar-refractivity contribution in [1.82, 2.24) is 10.6 Å². The first kappa shape index (κ1) is 15.8. The highest BCUT2D eigenvalue weighted by Gasteiger charge is 2.02. The van der Waals surface area contributed by atoms with Crippen LogP contribution < -0.4 is 10.6 Å². The number of nitrogens with one attached hydrogen (secondary N) is 2. The maximum atomic E-state index is 11.4. The second-order valence-corrected chi connectivity index (χ2v) is 5.61. The second-order valence-electron chi connectivity index (χ2n) is 4.56. The molecule has 1 rings (SSSR count). The number of rotatable bonds is 8. The van der Waals surface area contributed by atoms with Crippen LogP contribution in [0.3, 0.4) is 0 Å². The van der Waals surface area contributed by atoms with Gasteiger partial charge in [0.2, 0.25) is 5.91 Å². The molecule has 0 aromatic heterocycles. The molecule has 0 bridgehead atoms. The molecule has 0 atom stereocenters. The van der Waals surface area contributed by atoms with E-state index in [1.807, 2.05) is 0 Å². The number of carbonyl (C=O) groups is 1. The van der Waals surface area contributed by atoms with Gasteiger partial charge in [-0.25, -0.2) is 0 Å². The molecule has 0 aliphatic rings. The molecular formula is C15H22N2OS. The Hall–Kier alpha value is -1.26. The van der Waals surface area contributed by atoms with Crippen LogP contribution in [-0.2, 0) is 11.3 Å². The van der Waals surface area contributed by atoms with Gasteiger partial charge in [-0.05, 0) is 17.7 Å². The number of thioether (sulfide) groups is 1. The summed E-state index contributed by atoms with van der Waals surface area (Å²) in [7, 11) is 0. The van der Waals surface area contributed by atoms with Gasteiger partial charge in [0.1, 0.15) is 0 Å². The Morgan fingerprint density at radius 2 is 2.05 bits per heavy atom. The van der Waals surface area contributed by atoms with Crippen LogP contribution in [0.4, 0.5) is 0 Å². The van der Waals surface area contributed by atoms with E-state index in [4.69, 9.17) is 0 Å². The molecule has 0 unspecified atom stereocenters. The summed E-state index contributed by atoms with van der Waals surface area (Å²) >= 11 is 1.55. The summed E-state index contributed by atoms with van der Waals surface area (Å²) in [6, 6.07) is 8.80. The van der Waals surface area contributed by atoms with Crippen LogP contribution >= 0.6 is 11.8 Å². The monoisotopic (exact) mass is 278 g/mol. The highest BCUT2D eigenvalue weighted by Crippen LogP contribution is 2.18. The Kier molecular flexibility index (Phi) is 7.30. The zero-order chi connectivity index (χ0) is 14.1. The minimum absolute atomic E-state index is 0.0375. The quantitative estimate of drug-likeness (QED) is 0.567. The highest BCUT2D eigenvalue weighted by atomic mass is 32.2. The summed E-state index contributed by atoms with van der Waals surface area (Å²) in [6.45, 7) is 9.23. The van der Waals surface area contributed by atoms with Gasteiger partial charge in [0.05, 0.1) is 5.75 Å². The van der Waals surface area contributed by atoms with Gasteiger partial charge in [-0.15, -0.1) is 18.3 Å². The van der Waals surface area contributed by atoms with E-state index < -0.39 is 0 Å². The molecule has 0 spiro atoms. The van der Waals surface area contributed by atoms with Crippen molar-refractivity contribution < 1.29 is 4.79 Å². The molecule has 0 heterocycles. The molecular weight excluding hydrogens is 256 g/mol. The van der Waals surface area contributed by atoms with Crippen molar-refractivity contribution in [2.24, 2.45) is 0 Å². The molecule has 1 aromatic carbocycles. The lowest BCUT2D eigenvalue weighted by molar-refractivity contribution is -0.118. The fourth-order valence-corrected chi connectivity index (χ4v) is 2.14. The number of benzene rings is 1. The number of hydrogen-bond acceptors (Lipinski definition) is 3. The fourth-order valence-electron chi connectivity index (χ4n) is 1.41. The van der Waals surface area contributed by atoms with Crippen molar-refractivity contribution in [2.45, 2.75) is 31.3 Å². The molecule has 0 aliphatic carbocycles. The Morgan fingerprint density at radius 3 is 2.63 bits per heavy atom. The zero-order valence-corrected chi connectivity index (χ0v) is 12.4. The lowest BCUT2D eigenvalue weighted by Crippen LogP contribution is -2.24. The first-order chi connectivity index (χ1) is 9.11. The maximum Gasteiger partial charge on any atom is 0.230 e. The summed E-state index contributed by atoms with van der Waals surface area (Å²) < 4.78 is 0. The minimum Gasteiger partial charge on any atom is -0.352 e. The summed E-state index contributed by atoms with van der Waals surface area (Å²) in [5, 5.41) is 6.13. The molecule has 4 heteroatoms. The van der Waals surface area contributed by atoms with Gasteiger partial charge in [-0.2, -0.15) is 0 Å². The van der Waals surface area contributed by atoms with Crippen molar-refractivity contribution in [2.75, 3.05) is 12.3 Å². The van der Waals surface area contributed by atoms with E-state index in [1.165, 1.54) is 5.56 Å². The Bertz CT molecular complexity index is 401. The van der Waals surface area contributed by atoms with Gasteiger partial charge in [0.25, 0.3) is 0 Å². The average Bonchev–Trinajstić information content (AvgIpc) is 2.41. The van der Waals surface area contributed by atoms with Crippen molar-refractivity contribution in [3.8, 4) is 0 Å². The van der Waals surface area contributed by atoms with Crippen LogP contribution in [0.5, 0.6) is 0 Å². The topological polar surface area (TPSA) is 41.1 Å². The molecule has 1 amide bonds. The Morgan fingerprint density at radius 1 is 1.37 bits per heavy atom. The van der Waals surface area contributed by atoms with Crippen LogP contribution in [0.15, 0.2) is 41.8 Å². The number of hydrogen-bond donors (Lipinski definition) is 2. The molecule has 0 saturated carbocycles. The van der Waals surface area contributed by atoms with E-state index in [-0.39, 0.29) is 5.91 Å². The lowest BCUT2D eigenvalue weighted by atomic mass is 10.2. The molecule has 2 N–H and O–H groups in total. The predicted octanol–water partition coefficient (Wildman–Crippen LogP) is 2.58. The van der Waals surface area contributed by atoms with Gasteiger partial charge < -0.3 is 10.6 Å². The third kappa shape index (κ3) is 7.03. The first-order valence-corrected chi connectivity index (χ1v) is 7.43. The summed E-state index contributed by atoms with van der Waals surface area (Å²) in [5.74, 6) is 0.479. The second kappa shape index (κ2) is 8.77. The van der Waals surface area contributed by atoms with Crippen LogP contribution in [0.25, 0.3) is 0 Å². The van der Waals surface area contributed by atoms with E-state index in [0.29, 0.717) is 18.3 Å². The Labute approximate surface area is 119 Å². The molecule has 1 aromatic rings. The van der Waals surface area contributed by atoms with Gasteiger partial charge in [-0.1, -0.05) is 32.1 Å². The van der Waals surface area contributed by atoms with Gasteiger partial charge >= 0.3 is 0 Å². The van der Waals surface area contributed by atoms with E-state index >= 15 is 0 Å². The zero-order valence-electron chi connectivity index (χ0n) is 11.6. The van der Waals surface area contributed by atoms with Crippen LogP contribution in [0.1, 0.15) is 19.4 Å². The van der Waals surface area contributed by atoms with E-state index in [2.05, 4.69) is 55.3 Å². The smallest absolute Gasteiger partial charge is 0.230 e. The average molecular weight is 278 g/mol. The lowest BCUT2D eigenvalue weighted by Gasteiger charge is -2.08. The predicted molar refractivity (Wildman–Crippen MR) is 82.3 cm³/mol. The molecule has 0 saturated heterocycles. The summed E-state index contributed by atoms with van der Waals surface area (Å²) in [5.41, 5.74) is 1.26. The third-order valence-electron chi connectivity index (χ3n) is 2.45. The molecule has 104 valence electrons. The summed E-state index contributed by atoms with van der Waals surface area (Å²) in [4.78, 5) is 12.5. The molecule has 0 radical (unpaired) electrons. The fraction of sp³-hybridized carbons (Fsp3) is 0.400. The molecule has 19 heavy (non-hydrogen) atoms. The van der Waals surface area contributed by atoms with Gasteiger partial charge in [0, 0.05) is 24.0 Å². The van der Waals surface area contributed by atoms with Gasteiger partial charge in [-0.3, -0.25) is 4.79 Å². The van der Waals surface area contributed by atoms with Crippen molar-refractivity contribution >= 4 is 17.7 Å². The maximum absolute atomic E-state index is 11.4. The van der Waals surface area contributed by atoms with E-state index in [0.717, 1.165) is 11.4 Å². The molecule has 0 fully saturated rings. The van der Waals surface area contributed by atoms with Crippen molar-refractivity contribution in [3.63, 3.8) is 0 Å². The molecule has 3 nitrogen and oxygen atoms in total. The van der Waals surface area contributed by atoms with Gasteiger partial charge in [0.15, 0.2) is 0 Å². The highest BCUT2D eigenvalue weighted by molar-refractivity contribution is 8.00. The summed E-state index contributed by atoms with van der Waals surface area (Å²) in [6.07, 6.45) is 1.68. The van der Waals surface area contributed by atoms with E-state index in [1.54, 1.807) is 17.8 Å². The van der Waals surface area contributed by atoms with Crippen LogP contribution in [0.2, 0.25) is 0 Å². The van der Waals surface area contributed by atoms with Crippen molar-refractivity contribution in [3.05, 3.63) is 42.5 Å². The third-order valence-corrected chi connectivity index (χ3v) is 3.46. The first-order valence-electron chi connectivity index (χ1n) is 6.44. The standard InChI is InChI=1S/C15H22N2OS/c1-4-9-16-15(18)11-19-14-7-5-13(6-8-14)10-17-12(2)3/h4-8,12,17H,1,9-11H2,2-3H3,(H,16,18). The van der Waals surface area contributed by atoms with Crippen LogP contribution in [-0.4, -0.2) is 24.2 Å². The van der Waals surface area contributed by atoms with Crippen LogP contribution in [0, 0.1) is 0 Å². The minimum atomic E-state index is 0.0375. The largest absolute Gasteiger partial charge is 0.352 e. The number of carbonyl (C=O) groups excluding carboxylic acids is 1. The SMILES string of the molecule is C=CCNC(=O)CSc1ccc(CNC(C)C)cc1. The van der Waals surface area contributed by atoms with E-state index in [9.17, 15) is 4.79 Å².